The van der Waals surface area contributed by atoms with Crippen molar-refractivity contribution in [2.75, 3.05) is 0 Å². The Kier molecular flexibility index (Phi) is 7.07. The summed E-state index contributed by atoms with van der Waals surface area (Å²) in [5.74, 6) is -0.503. The number of amides is 1. The number of benzene rings is 1. The third-order valence-electron chi connectivity index (χ3n) is 4.76. The summed E-state index contributed by atoms with van der Waals surface area (Å²) in [5, 5.41) is 12.0. The van der Waals surface area contributed by atoms with Crippen molar-refractivity contribution in [2.45, 2.75) is 13.0 Å². The first-order valence-corrected chi connectivity index (χ1v) is 9.90. The van der Waals surface area contributed by atoms with E-state index in [0.717, 1.165) is 11.1 Å². The molecule has 0 aliphatic rings. The predicted molar refractivity (Wildman–Crippen MR) is 124 cm³/mol. The van der Waals surface area contributed by atoms with E-state index in [-0.39, 0.29) is 24.0 Å². The molecule has 1 atom stereocenters. The lowest BCUT2D eigenvalue weighted by Gasteiger charge is -2.15. The van der Waals surface area contributed by atoms with Gasteiger partial charge in [-0.15, -0.1) is 12.4 Å². The molecule has 3 heterocycles. The Morgan fingerprint density at radius 3 is 2.53 bits per heavy atom. The van der Waals surface area contributed by atoms with Crippen LogP contribution in [0.3, 0.4) is 0 Å². The van der Waals surface area contributed by atoms with Gasteiger partial charge in [-0.05, 0) is 36.8 Å². The highest BCUT2D eigenvalue weighted by molar-refractivity contribution is 6.30. The van der Waals surface area contributed by atoms with Gasteiger partial charge in [0.15, 0.2) is 0 Å². The summed E-state index contributed by atoms with van der Waals surface area (Å²) in [4.78, 5) is 30.3. The van der Waals surface area contributed by atoms with Gasteiger partial charge in [0.2, 0.25) is 0 Å². The smallest absolute Gasteiger partial charge is 0.284 e. The van der Waals surface area contributed by atoms with Crippen LogP contribution in [0, 0.1) is 0 Å². The van der Waals surface area contributed by atoms with Crippen LogP contribution in [-0.4, -0.2) is 30.5 Å². The molecule has 0 saturated heterocycles. The van der Waals surface area contributed by atoms with Crippen LogP contribution < -0.4 is 10.9 Å². The Labute approximate surface area is 195 Å². The van der Waals surface area contributed by atoms with Crippen molar-refractivity contribution in [3.8, 4) is 16.9 Å². The zero-order valence-corrected chi connectivity index (χ0v) is 18.8. The first kappa shape index (κ1) is 23.2. The van der Waals surface area contributed by atoms with Crippen molar-refractivity contribution in [2.24, 2.45) is 7.05 Å². The van der Waals surface area contributed by atoms with Crippen LogP contribution in [0.5, 0.6) is 0 Å². The fraction of sp³-hybridized carbons (Fsp3) is 0.136. The molecule has 0 saturated carbocycles. The molecule has 0 radical (unpaired) electrons. The number of halogens is 2. The van der Waals surface area contributed by atoms with Crippen LogP contribution in [0.1, 0.15) is 28.9 Å². The van der Waals surface area contributed by atoms with Crippen LogP contribution >= 0.6 is 24.0 Å². The van der Waals surface area contributed by atoms with Crippen LogP contribution in [0.15, 0.2) is 72.0 Å². The molecule has 10 heteroatoms. The quantitative estimate of drug-likeness (QED) is 0.480. The highest BCUT2D eigenvalue weighted by Gasteiger charge is 2.20. The summed E-state index contributed by atoms with van der Waals surface area (Å²) in [6.07, 6.45) is 6.50. The molecule has 1 aromatic carbocycles. The van der Waals surface area contributed by atoms with Gasteiger partial charge in [-0.25, -0.2) is 0 Å². The molecule has 4 rings (SSSR count). The van der Waals surface area contributed by atoms with Crippen LogP contribution in [0.4, 0.5) is 0 Å². The van der Waals surface area contributed by atoms with E-state index in [4.69, 9.17) is 11.6 Å². The van der Waals surface area contributed by atoms with Gasteiger partial charge in [-0.2, -0.15) is 14.9 Å². The van der Waals surface area contributed by atoms with E-state index in [2.05, 4.69) is 20.5 Å². The average molecular weight is 471 g/mol. The molecule has 4 aromatic rings. The minimum atomic E-state index is -0.540. The van der Waals surface area contributed by atoms with Crippen LogP contribution in [0.25, 0.3) is 16.9 Å². The van der Waals surface area contributed by atoms with Gasteiger partial charge in [0.25, 0.3) is 11.5 Å². The molecule has 164 valence electrons. The highest BCUT2D eigenvalue weighted by Crippen LogP contribution is 2.21. The fourth-order valence-electron chi connectivity index (χ4n) is 3.10. The van der Waals surface area contributed by atoms with Crippen LogP contribution in [0.2, 0.25) is 5.02 Å². The fourth-order valence-corrected chi connectivity index (χ4v) is 3.23. The van der Waals surface area contributed by atoms with Gasteiger partial charge < -0.3 is 5.32 Å². The Hall–Kier alpha value is -3.49. The second-order valence-electron chi connectivity index (χ2n) is 7.02. The molecule has 0 unspecified atom stereocenters. The zero-order valence-electron chi connectivity index (χ0n) is 17.3. The molecule has 1 N–H and O–H groups in total. The maximum Gasteiger partial charge on any atom is 0.284 e. The summed E-state index contributed by atoms with van der Waals surface area (Å²) < 4.78 is 2.74. The molecule has 0 spiro atoms. The second-order valence-corrected chi connectivity index (χ2v) is 7.46. The standard InChI is InChI=1S/C22H19ClN6O2.ClH/c1-14(16-4-3-9-24-11-16)26-21(30)19-10-20(15-5-7-17(23)8-6-15)27-29(22(19)31)18-12-25-28(2)13-18;/h3-14H,1-2H3,(H,26,30);1H/t14-;/m0./s1. The number of carbonyl (C=O) groups is 1. The third-order valence-corrected chi connectivity index (χ3v) is 5.02. The van der Waals surface area contributed by atoms with Gasteiger partial charge in [0.05, 0.1) is 24.1 Å². The summed E-state index contributed by atoms with van der Waals surface area (Å²) in [5.41, 5.74) is 1.89. The van der Waals surface area contributed by atoms with E-state index in [0.29, 0.717) is 16.4 Å². The largest absolute Gasteiger partial charge is 0.345 e. The molecular weight excluding hydrogens is 451 g/mol. The number of aromatic nitrogens is 5. The number of hydrogen-bond donors (Lipinski definition) is 1. The first-order chi connectivity index (χ1) is 14.9. The number of rotatable bonds is 5. The van der Waals surface area contributed by atoms with E-state index >= 15 is 0 Å². The van der Waals surface area contributed by atoms with Crippen molar-refractivity contribution >= 4 is 29.9 Å². The van der Waals surface area contributed by atoms with Gasteiger partial charge in [-0.1, -0.05) is 29.8 Å². The number of nitrogens with one attached hydrogen (secondary N) is 1. The first-order valence-electron chi connectivity index (χ1n) is 9.52. The van der Waals surface area contributed by atoms with E-state index < -0.39 is 11.5 Å². The number of carbonyl (C=O) groups excluding carboxylic acids is 1. The zero-order chi connectivity index (χ0) is 22.0. The van der Waals surface area contributed by atoms with Crippen molar-refractivity contribution in [3.63, 3.8) is 0 Å². The molecule has 0 aliphatic carbocycles. The van der Waals surface area contributed by atoms with Crippen molar-refractivity contribution in [1.29, 1.82) is 0 Å². The number of hydrogen-bond acceptors (Lipinski definition) is 5. The minimum absolute atomic E-state index is 0. The summed E-state index contributed by atoms with van der Waals surface area (Å²) in [6.45, 7) is 1.83. The van der Waals surface area contributed by atoms with Crippen LogP contribution in [-0.2, 0) is 7.05 Å². The Morgan fingerprint density at radius 1 is 1.16 bits per heavy atom. The molecule has 3 aromatic heterocycles. The second kappa shape index (κ2) is 9.76. The molecular formula is C22H20Cl2N6O2. The molecule has 0 bridgehead atoms. The normalized spacial score (nSPS) is 11.5. The molecule has 8 nitrogen and oxygen atoms in total. The number of pyridine rings is 1. The highest BCUT2D eigenvalue weighted by atomic mass is 35.5. The predicted octanol–water partition coefficient (Wildman–Crippen LogP) is 3.59. The average Bonchev–Trinajstić information content (AvgIpc) is 3.21. The molecule has 1 amide bonds. The summed E-state index contributed by atoms with van der Waals surface area (Å²) in [6, 6.07) is 11.8. The molecule has 32 heavy (non-hydrogen) atoms. The Balaban J connectivity index is 0.00000289. The number of nitrogens with zero attached hydrogens (tertiary/aromatic N) is 5. The maximum absolute atomic E-state index is 13.1. The minimum Gasteiger partial charge on any atom is -0.345 e. The Bertz CT molecular complexity index is 1290. The third kappa shape index (κ3) is 4.87. The van der Waals surface area contributed by atoms with Gasteiger partial charge in [-0.3, -0.25) is 19.3 Å². The van der Waals surface area contributed by atoms with E-state index in [1.807, 2.05) is 13.0 Å². The van der Waals surface area contributed by atoms with E-state index in [1.165, 1.54) is 16.9 Å². The topological polar surface area (TPSA) is 94.7 Å². The number of aryl methyl sites for hydroxylation is 1. The van der Waals surface area contributed by atoms with Gasteiger partial charge in [0, 0.05) is 30.0 Å². The lowest BCUT2D eigenvalue weighted by Crippen LogP contribution is -2.35. The van der Waals surface area contributed by atoms with E-state index in [1.54, 1.807) is 60.7 Å². The van der Waals surface area contributed by atoms with Crippen molar-refractivity contribution < 1.29 is 4.79 Å². The summed E-state index contributed by atoms with van der Waals surface area (Å²) >= 11 is 6.00. The maximum atomic E-state index is 13.1. The Morgan fingerprint density at radius 2 is 1.91 bits per heavy atom. The molecule has 0 aliphatic heterocycles. The SMILES string of the molecule is C[C@H](NC(=O)c1cc(-c2ccc(Cl)cc2)nn(-c2cnn(C)c2)c1=O)c1cccnc1.Cl. The van der Waals surface area contributed by atoms with Gasteiger partial charge >= 0.3 is 0 Å². The van der Waals surface area contributed by atoms with E-state index in [9.17, 15) is 9.59 Å². The monoisotopic (exact) mass is 470 g/mol. The molecule has 0 fully saturated rings. The lowest BCUT2D eigenvalue weighted by atomic mass is 10.1. The lowest BCUT2D eigenvalue weighted by molar-refractivity contribution is 0.0937. The van der Waals surface area contributed by atoms with Crippen molar-refractivity contribution in [1.82, 2.24) is 29.9 Å². The van der Waals surface area contributed by atoms with Gasteiger partial charge in [0.1, 0.15) is 11.3 Å². The summed E-state index contributed by atoms with van der Waals surface area (Å²) in [7, 11) is 1.74. The van der Waals surface area contributed by atoms with Crippen molar-refractivity contribution in [3.05, 3.63) is 93.8 Å².